The van der Waals surface area contributed by atoms with Gasteiger partial charge in [-0.1, -0.05) is 30.3 Å². The maximum Gasteiger partial charge on any atom is 0.423 e. The molecule has 0 saturated carbocycles. The Morgan fingerprint density at radius 1 is 1.16 bits per heavy atom. The van der Waals surface area contributed by atoms with E-state index in [0.717, 1.165) is 17.8 Å². The molecule has 31 heavy (non-hydrogen) atoms. The zero-order chi connectivity index (χ0) is 23.1. The van der Waals surface area contributed by atoms with Crippen molar-refractivity contribution in [2.24, 2.45) is 5.73 Å². The number of alkyl halides is 3. The summed E-state index contributed by atoms with van der Waals surface area (Å²) < 4.78 is 58.3. The van der Waals surface area contributed by atoms with Gasteiger partial charge in [0, 0.05) is 28.7 Å². The minimum Gasteiger partial charge on any atom is -0.487 e. The summed E-state index contributed by atoms with van der Waals surface area (Å²) >= 11 is 0. The van der Waals surface area contributed by atoms with Gasteiger partial charge in [-0.05, 0) is 24.1 Å². The molecule has 2 rings (SSSR count). The van der Waals surface area contributed by atoms with Gasteiger partial charge in [-0.25, -0.2) is 0 Å². The second-order valence-corrected chi connectivity index (χ2v) is 8.54. The van der Waals surface area contributed by atoms with Gasteiger partial charge in [-0.2, -0.15) is 13.2 Å². The number of halogens is 3. The number of pyridine rings is 1. The quantitative estimate of drug-likeness (QED) is 0.470. The topological polar surface area (TPSA) is 123 Å². The number of hydrogen-bond donors (Lipinski definition) is 3. The van der Waals surface area contributed by atoms with Crippen LogP contribution in [-0.4, -0.2) is 49.1 Å². The van der Waals surface area contributed by atoms with Crippen LogP contribution in [0.2, 0.25) is 0 Å². The fraction of sp³-hybridized carbons (Fsp3) is 0.400. The van der Waals surface area contributed by atoms with Crippen molar-refractivity contribution >= 4 is 16.8 Å². The molecule has 0 spiro atoms. The Hall–Kier alpha value is -2.50. The maximum atomic E-state index is 13.6. The number of aliphatic carboxylic acids is 1. The number of aliphatic hydroxyl groups is 1. The molecular formula is C20H23F3N2O5S. The van der Waals surface area contributed by atoms with Gasteiger partial charge in [-0.3, -0.25) is 14.0 Å². The maximum absolute atomic E-state index is 13.6. The predicted octanol–water partition coefficient (Wildman–Crippen LogP) is 2.35. The third-order valence-electron chi connectivity index (χ3n) is 4.54. The van der Waals surface area contributed by atoms with Gasteiger partial charge >= 0.3 is 12.1 Å². The van der Waals surface area contributed by atoms with Crippen molar-refractivity contribution in [2.45, 2.75) is 37.3 Å². The fourth-order valence-electron chi connectivity index (χ4n) is 2.61. The van der Waals surface area contributed by atoms with Crippen LogP contribution in [0.15, 0.2) is 48.7 Å². The van der Waals surface area contributed by atoms with Gasteiger partial charge in [0.1, 0.15) is 18.4 Å². The van der Waals surface area contributed by atoms with Gasteiger partial charge in [0.05, 0.1) is 11.9 Å². The van der Waals surface area contributed by atoms with E-state index in [9.17, 15) is 27.3 Å². The monoisotopic (exact) mass is 460 g/mol. The van der Waals surface area contributed by atoms with Crippen LogP contribution in [0.5, 0.6) is 5.75 Å². The SMILES string of the molecule is NC(CCS(=O)CCC(O)(c1ccc(OCc2ccccc2)cn1)C(F)(F)F)C(=O)O. The number of carbonyl (C=O) groups is 1. The summed E-state index contributed by atoms with van der Waals surface area (Å²) in [6, 6.07) is 10.2. The molecule has 0 saturated heterocycles. The third kappa shape index (κ3) is 7.01. The molecule has 0 radical (unpaired) electrons. The number of hydrogen-bond acceptors (Lipinski definition) is 6. The van der Waals surface area contributed by atoms with Gasteiger partial charge in [-0.15, -0.1) is 0 Å². The Bertz CT molecular complexity index is 881. The molecule has 3 unspecified atom stereocenters. The van der Waals surface area contributed by atoms with Crippen molar-refractivity contribution in [1.82, 2.24) is 4.98 Å². The van der Waals surface area contributed by atoms with Crippen LogP contribution in [-0.2, 0) is 27.8 Å². The highest BCUT2D eigenvalue weighted by Gasteiger charge is 2.55. The van der Waals surface area contributed by atoms with Gasteiger partial charge in [0.2, 0.25) is 5.60 Å². The lowest BCUT2D eigenvalue weighted by atomic mass is 9.95. The lowest BCUT2D eigenvalue weighted by Crippen LogP contribution is -2.44. The van der Waals surface area contributed by atoms with Crippen LogP contribution >= 0.6 is 0 Å². The molecule has 0 aliphatic rings. The largest absolute Gasteiger partial charge is 0.487 e. The summed E-state index contributed by atoms with van der Waals surface area (Å²) in [4.78, 5) is 14.4. The highest BCUT2D eigenvalue weighted by atomic mass is 32.2. The fourth-order valence-corrected chi connectivity index (χ4v) is 3.86. The van der Waals surface area contributed by atoms with E-state index in [0.29, 0.717) is 0 Å². The minimum atomic E-state index is -5.06. The number of carboxylic acids is 1. The summed E-state index contributed by atoms with van der Waals surface area (Å²) in [7, 11) is -1.80. The molecule has 3 atom stereocenters. The van der Waals surface area contributed by atoms with E-state index in [2.05, 4.69) is 4.98 Å². The van der Waals surface area contributed by atoms with Gasteiger partial charge in [0.25, 0.3) is 0 Å². The van der Waals surface area contributed by atoms with Crippen molar-refractivity contribution in [1.29, 1.82) is 0 Å². The van der Waals surface area contributed by atoms with E-state index in [1.165, 1.54) is 6.07 Å². The van der Waals surface area contributed by atoms with Crippen molar-refractivity contribution < 1.29 is 37.1 Å². The Balaban J connectivity index is 2.03. The predicted molar refractivity (Wildman–Crippen MR) is 108 cm³/mol. The first kappa shape index (κ1) is 24.8. The molecule has 170 valence electrons. The number of aromatic nitrogens is 1. The molecule has 1 aromatic heterocycles. The number of nitrogens with zero attached hydrogens (tertiary/aromatic N) is 1. The number of ether oxygens (including phenoxy) is 1. The number of benzene rings is 1. The molecule has 7 nitrogen and oxygen atoms in total. The van der Waals surface area contributed by atoms with E-state index >= 15 is 0 Å². The van der Waals surface area contributed by atoms with Crippen LogP contribution in [0.4, 0.5) is 13.2 Å². The zero-order valence-corrected chi connectivity index (χ0v) is 17.2. The van der Waals surface area contributed by atoms with E-state index < -0.39 is 52.5 Å². The van der Waals surface area contributed by atoms with Crippen LogP contribution < -0.4 is 10.5 Å². The second-order valence-electron chi connectivity index (χ2n) is 6.84. The van der Waals surface area contributed by atoms with Crippen molar-refractivity contribution in [3.05, 3.63) is 59.9 Å². The van der Waals surface area contributed by atoms with E-state index in [-0.39, 0.29) is 24.5 Å². The normalized spacial score (nSPS) is 15.6. The average molecular weight is 460 g/mol. The first-order valence-corrected chi connectivity index (χ1v) is 10.8. The molecule has 4 N–H and O–H groups in total. The highest BCUT2D eigenvalue weighted by Crippen LogP contribution is 2.41. The Labute approximate surface area is 179 Å². The number of nitrogens with two attached hydrogens (primary N) is 1. The standard InChI is InChI=1S/C20H23F3N2O5S/c21-20(22,23)19(28,9-11-31(29)10-8-16(24)18(26)27)17-7-6-15(12-25-17)30-13-14-4-2-1-3-5-14/h1-7,12,16,28H,8-11,13,24H2,(H,26,27). The molecule has 1 heterocycles. The third-order valence-corrected chi connectivity index (χ3v) is 5.89. The summed E-state index contributed by atoms with van der Waals surface area (Å²) in [5.41, 5.74) is 2.21. The summed E-state index contributed by atoms with van der Waals surface area (Å²) in [5.74, 6) is -1.76. The van der Waals surface area contributed by atoms with Crippen LogP contribution in [0.1, 0.15) is 24.1 Å². The van der Waals surface area contributed by atoms with E-state index in [4.69, 9.17) is 15.6 Å². The smallest absolute Gasteiger partial charge is 0.423 e. The van der Waals surface area contributed by atoms with Gasteiger partial charge < -0.3 is 20.7 Å². The molecule has 0 aliphatic carbocycles. The lowest BCUT2D eigenvalue weighted by molar-refractivity contribution is -0.268. The molecule has 2 aromatic rings. The first-order chi connectivity index (χ1) is 14.5. The molecule has 0 fully saturated rings. The summed E-state index contributed by atoms with van der Waals surface area (Å²) in [5, 5.41) is 19.1. The Morgan fingerprint density at radius 2 is 1.84 bits per heavy atom. The minimum absolute atomic E-state index is 0.155. The lowest BCUT2D eigenvalue weighted by Gasteiger charge is -2.30. The van der Waals surface area contributed by atoms with Crippen molar-refractivity contribution in [3.63, 3.8) is 0 Å². The molecule has 0 amide bonds. The van der Waals surface area contributed by atoms with E-state index in [1.807, 2.05) is 30.3 Å². The number of rotatable bonds is 11. The Kier molecular flexibility index (Phi) is 8.54. The van der Waals surface area contributed by atoms with Crippen molar-refractivity contribution in [3.8, 4) is 5.75 Å². The molecule has 0 bridgehead atoms. The van der Waals surface area contributed by atoms with E-state index in [1.54, 1.807) is 0 Å². The van der Waals surface area contributed by atoms with Crippen LogP contribution in [0.25, 0.3) is 0 Å². The average Bonchev–Trinajstić information content (AvgIpc) is 2.74. The summed E-state index contributed by atoms with van der Waals surface area (Å²) in [6.45, 7) is 0.197. The number of carboxylic acid groups (broad SMARTS) is 1. The molecule has 1 aromatic carbocycles. The summed E-state index contributed by atoms with van der Waals surface area (Å²) in [6.07, 6.45) is -5.04. The van der Waals surface area contributed by atoms with Crippen LogP contribution in [0.3, 0.4) is 0 Å². The van der Waals surface area contributed by atoms with Crippen LogP contribution in [0, 0.1) is 0 Å². The Morgan fingerprint density at radius 3 is 2.39 bits per heavy atom. The highest BCUT2D eigenvalue weighted by molar-refractivity contribution is 7.84. The molecule has 0 aliphatic heterocycles. The zero-order valence-electron chi connectivity index (χ0n) is 16.4. The molecule has 11 heteroatoms. The first-order valence-electron chi connectivity index (χ1n) is 9.28. The molecular weight excluding hydrogens is 437 g/mol. The van der Waals surface area contributed by atoms with Crippen molar-refractivity contribution in [2.75, 3.05) is 11.5 Å². The van der Waals surface area contributed by atoms with Gasteiger partial charge in [0.15, 0.2) is 0 Å². The second kappa shape index (κ2) is 10.7.